The largest absolute Gasteiger partial charge is 0.428 e. The lowest BCUT2D eigenvalue weighted by Gasteiger charge is -2.35. The van der Waals surface area contributed by atoms with Crippen molar-refractivity contribution in [2.24, 2.45) is 0 Å². The van der Waals surface area contributed by atoms with Gasteiger partial charge in [0.25, 0.3) is 0 Å². The molecule has 23 heavy (non-hydrogen) atoms. The minimum absolute atomic E-state index is 0.0261. The molecule has 0 spiro atoms. The maximum atomic E-state index is 12.4. The summed E-state index contributed by atoms with van der Waals surface area (Å²) in [5, 5.41) is 9.59. The number of hydrogen-bond donors (Lipinski definition) is 0. The van der Waals surface area contributed by atoms with Crippen molar-refractivity contribution in [3.8, 4) is 6.07 Å². The minimum Gasteiger partial charge on any atom is -0.428 e. The number of carbonyl (C=O) groups is 1. The van der Waals surface area contributed by atoms with Gasteiger partial charge < -0.3 is 14.4 Å². The number of epoxide rings is 1. The van der Waals surface area contributed by atoms with Gasteiger partial charge in [0.05, 0.1) is 13.8 Å². The van der Waals surface area contributed by atoms with Crippen molar-refractivity contribution in [2.75, 3.05) is 0 Å². The Morgan fingerprint density at radius 1 is 1.22 bits per heavy atom. The predicted molar refractivity (Wildman–Crippen MR) is 93.9 cm³/mol. The molecule has 0 aromatic rings. The van der Waals surface area contributed by atoms with Crippen molar-refractivity contribution in [1.82, 2.24) is 4.90 Å². The molecule has 1 amide bonds. The van der Waals surface area contributed by atoms with Gasteiger partial charge in [0.2, 0.25) is 6.10 Å². The second-order valence-electron chi connectivity index (χ2n) is 8.52. The normalized spacial score (nSPS) is 22.7. The van der Waals surface area contributed by atoms with Gasteiger partial charge in [-0.15, -0.1) is 0 Å². The van der Waals surface area contributed by atoms with E-state index in [2.05, 4.69) is 39.9 Å². The first-order valence-electron chi connectivity index (χ1n) is 8.38. The van der Waals surface area contributed by atoms with E-state index in [9.17, 15) is 10.1 Å². The van der Waals surface area contributed by atoms with Crippen LogP contribution in [0.5, 0.6) is 0 Å². The Balaban J connectivity index is 2.78. The molecule has 0 saturated carbocycles. The number of nitrogens with zero attached hydrogens (tertiary/aromatic N) is 2. The molecule has 132 valence electrons. The monoisotopic (exact) mass is 340 g/mol. The molecule has 3 atom stereocenters. The van der Waals surface area contributed by atoms with Gasteiger partial charge in [0.15, 0.2) is 0 Å². The average molecular weight is 341 g/mol. The van der Waals surface area contributed by atoms with Crippen LogP contribution >= 0.6 is 0 Å². The van der Waals surface area contributed by atoms with Crippen LogP contribution in [-0.4, -0.2) is 49.1 Å². The quantitative estimate of drug-likeness (QED) is 0.561. The molecular formula is C17H32N2O3Si. The van der Waals surface area contributed by atoms with Crippen molar-refractivity contribution in [3.05, 3.63) is 0 Å². The maximum Gasteiger partial charge on any atom is 0.411 e. The van der Waals surface area contributed by atoms with Gasteiger partial charge in [-0.05, 0) is 32.7 Å². The van der Waals surface area contributed by atoms with Crippen LogP contribution in [0, 0.1) is 11.3 Å². The van der Waals surface area contributed by atoms with Gasteiger partial charge in [-0.3, -0.25) is 0 Å². The second kappa shape index (κ2) is 6.82. The molecular weight excluding hydrogens is 308 g/mol. The summed E-state index contributed by atoms with van der Waals surface area (Å²) in [5.41, 5.74) is 0.0616. The molecule has 0 aromatic heterocycles. The van der Waals surface area contributed by atoms with E-state index in [1.807, 2.05) is 27.7 Å². The lowest BCUT2D eigenvalue weighted by atomic mass is 10.2. The summed E-state index contributed by atoms with van der Waals surface area (Å²) in [6, 6.07) is 2.16. The molecule has 0 bridgehead atoms. The number of nitriles is 1. The van der Waals surface area contributed by atoms with Crippen LogP contribution in [0.25, 0.3) is 0 Å². The number of rotatable bonds is 5. The first kappa shape index (κ1) is 20.0. The van der Waals surface area contributed by atoms with Gasteiger partial charge >= 0.3 is 6.09 Å². The number of amides is 1. The highest BCUT2D eigenvalue weighted by molar-refractivity contribution is 6.82. The molecule has 1 saturated heterocycles. The highest BCUT2D eigenvalue weighted by Gasteiger charge is 2.59. The molecule has 1 aliphatic rings. The molecule has 1 aliphatic heterocycles. The summed E-state index contributed by atoms with van der Waals surface area (Å²) in [5.74, 6) is 0. The molecule has 0 aliphatic carbocycles. The average Bonchev–Trinajstić information content (AvgIpc) is 3.13. The van der Waals surface area contributed by atoms with E-state index in [4.69, 9.17) is 9.47 Å². The van der Waals surface area contributed by atoms with E-state index >= 15 is 0 Å². The zero-order valence-corrected chi connectivity index (χ0v) is 17.0. The van der Waals surface area contributed by atoms with Crippen LogP contribution in [0.15, 0.2) is 0 Å². The maximum absolute atomic E-state index is 12.4. The SMILES string of the molecule is CC(C)N(C(=O)O[C@H](C#N)[C@H]1O[C@@H]1[Si](C)(C)C(C)(C)C)C(C)C. The first-order valence-corrected chi connectivity index (χ1v) is 11.5. The van der Waals surface area contributed by atoms with Gasteiger partial charge in [-0.1, -0.05) is 33.9 Å². The number of ether oxygens (including phenoxy) is 2. The van der Waals surface area contributed by atoms with E-state index in [-0.39, 0.29) is 29.0 Å². The van der Waals surface area contributed by atoms with Crippen LogP contribution < -0.4 is 0 Å². The Morgan fingerprint density at radius 3 is 2.04 bits per heavy atom. The summed E-state index contributed by atoms with van der Waals surface area (Å²) >= 11 is 0. The molecule has 1 fully saturated rings. The highest BCUT2D eigenvalue weighted by Crippen LogP contribution is 2.47. The van der Waals surface area contributed by atoms with Crippen molar-refractivity contribution in [2.45, 2.75) is 96.6 Å². The van der Waals surface area contributed by atoms with Gasteiger partial charge in [0, 0.05) is 12.1 Å². The van der Waals surface area contributed by atoms with Crippen molar-refractivity contribution in [1.29, 1.82) is 5.26 Å². The fraction of sp³-hybridized carbons (Fsp3) is 0.882. The van der Waals surface area contributed by atoms with Gasteiger partial charge in [-0.25, -0.2) is 4.79 Å². The smallest absolute Gasteiger partial charge is 0.411 e. The van der Waals surface area contributed by atoms with Crippen LogP contribution in [0.3, 0.4) is 0 Å². The van der Waals surface area contributed by atoms with Gasteiger partial charge in [0.1, 0.15) is 12.2 Å². The van der Waals surface area contributed by atoms with E-state index < -0.39 is 20.3 Å². The topological polar surface area (TPSA) is 65.9 Å². The minimum atomic E-state index is -1.71. The lowest BCUT2D eigenvalue weighted by molar-refractivity contribution is 0.0534. The molecule has 0 N–H and O–H groups in total. The fourth-order valence-corrected chi connectivity index (χ4v) is 5.06. The summed E-state index contributed by atoms with van der Waals surface area (Å²) < 4.78 is 11.3. The first-order chi connectivity index (χ1) is 10.3. The van der Waals surface area contributed by atoms with Gasteiger partial charge in [-0.2, -0.15) is 5.26 Å². The number of hydrogen-bond acceptors (Lipinski definition) is 4. The Morgan fingerprint density at radius 2 is 1.70 bits per heavy atom. The molecule has 1 heterocycles. The van der Waals surface area contributed by atoms with E-state index in [1.54, 1.807) is 4.90 Å². The standard InChI is InChI=1S/C17H32N2O3Si/c1-11(2)19(12(3)4)16(20)21-13(10-18)14-15(22-14)23(8,9)17(5,6)7/h11-15H,1-9H3/t13-,14-,15-/m1/s1. The summed E-state index contributed by atoms with van der Waals surface area (Å²) in [6.07, 6.45) is -1.56. The lowest BCUT2D eigenvalue weighted by Crippen LogP contribution is -2.47. The Kier molecular flexibility index (Phi) is 5.92. The van der Waals surface area contributed by atoms with Crippen molar-refractivity contribution in [3.63, 3.8) is 0 Å². The molecule has 5 nitrogen and oxygen atoms in total. The Bertz CT molecular complexity index is 469. The molecule has 6 heteroatoms. The van der Waals surface area contributed by atoms with Crippen LogP contribution in [0.4, 0.5) is 4.79 Å². The summed E-state index contributed by atoms with van der Waals surface area (Å²) in [4.78, 5) is 14.0. The molecule has 0 unspecified atom stereocenters. The highest BCUT2D eigenvalue weighted by atomic mass is 28.3. The molecule has 0 aromatic carbocycles. The predicted octanol–water partition coefficient (Wildman–Crippen LogP) is 3.95. The van der Waals surface area contributed by atoms with Crippen LogP contribution in [0.1, 0.15) is 48.5 Å². The van der Waals surface area contributed by atoms with E-state index in [0.29, 0.717) is 0 Å². The van der Waals surface area contributed by atoms with E-state index in [0.717, 1.165) is 0 Å². The van der Waals surface area contributed by atoms with Crippen LogP contribution in [-0.2, 0) is 9.47 Å². The van der Waals surface area contributed by atoms with Crippen molar-refractivity contribution < 1.29 is 14.3 Å². The fourth-order valence-electron chi connectivity index (χ4n) is 2.72. The third-order valence-electron chi connectivity index (χ3n) is 5.15. The zero-order valence-electron chi connectivity index (χ0n) is 16.0. The Labute approximate surface area is 141 Å². The third-order valence-corrected chi connectivity index (χ3v) is 10.9. The molecule has 1 rings (SSSR count). The summed E-state index contributed by atoms with van der Waals surface area (Å²) in [7, 11) is -1.71. The number of carbonyl (C=O) groups excluding carboxylic acids is 1. The molecule has 0 radical (unpaired) electrons. The Hall–Kier alpha value is -1.06. The van der Waals surface area contributed by atoms with E-state index in [1.165, 1.54) is 0 Å². The third kappa shape index (κ3) is 4.27. The second-order valence-corrected chi connectivity index (χ2v) is 14.0. The van der Waals surface area contributed by atoms with Crippen LogP contribution in [0.2, 0.25) is 18.1 Å². The van der Waals surface area contributed by atoms with Crippen molar-refractivity contribution >= 4 is 14.2 Å². The summed E-state index contributed by atoms with van der Waals surface area (Å²) in [6.45, 7) is 18.9. The zero-order chi connectivity index (χ0) is 18.2.